The molecule has 1 aliphatic rings. The maximum absolute atomic E-state index is 13.2. The van der Waals surface area contributed by atoms with Crippen LogP contribution in [0.4, 0.5) is 10.2 Å². The molecule has 35 heavy (non-hydrogen) atoms. The lowest BCUT2D eigenvalue weighted by molar-refractivity contribution is -0.121. The van der Waals surface area contributed by atoms with E-state index in [0.29, 0.717) is 72.1 Å². The number of aromatic nitrogens is 3. The fourth-order valence-corrected chi connectivity index (χ4v) is 4.18. The highest BCUT2D eigenvalue weighted by molar-refractivity contribution is 6.30. The van der Waals surface area contributed by atoms with Crippen molar-refractivity contribution in [1.82, 2.24) is 19.9 Å². The minimum absolute atomic E-state index is 0.287. The van der Waals surface area contributed by atoms with Crippen LogP contribution < -0.4 is 9.64 Å². The van der Waals surface area contributed by atoms with E-state index in [4.69, 9.17) is 20.8 Å². The molecule has 4 aromatic rings. The average Bonchev–Trinajstić information content (AvgIpc) is 3.27. The van der Waals surface area contributed by atoms with Crippen LogP contribution in [-0.4, -0.2) is 58.5 Å². The third-order valence-electron chi connectivity index (χ3n) is 5.83. The van der Waals surface area contributed by atoms with Crippen LogP contribution in [0.1, 0.15) is 17.3 Å². The normalized spacial score (nSPS) is 15.3. The molecule has 1 saturated heterocycles. The molecular weight excluding hydrogens is 473 g/mol. The van der Waals surface area contributed by atoms with Crippen LogP contribution in [0.3, 0.4) is 0 Å². The highest BCUT2D eigenvalue weighted by Crippen LogP contribution is 2.27. The Morgan fingerprint density at radius 1 is 1.06 bits per heavy atom. The molecule has 1 unspecified atom stereocenters. The molecule has 8 nitrogen and oxygen atoms in total. The summed E-state index contributed by atoms with van der Waals surface area (Å²) in [5, 5.41) is 0.605. The number of oxazole rings is 1. The summed E-state index contributed by atoms with van der Waals surface area (Å²) in [6.07, 6.45) is 0.530. The Labute approximate surface area is 206 Å². The van der Waals surface area contributed by atoms with Gasteiger partial charge in [0, 0.05) is 37.6 Å². The van der Waals surface area contributed by atoms with E-state index in [1.165, 1.54) is 12.1 Å². The third kappa shape index (κ3) is 5.26. The first-order valence-corrected chi connectivity index (χ1v) is 11.6. The van der Waals surface area contributed by atoms with Gasteiger partial charge in [0.1, 0.15) is 17.4 Å². The number of ether oxygens (including phenoxy) is 1. The second kappa shape index (κ2) is 9.97. The van der Waals surface area contributed by atoms with Crippen molar-refractivity contribution in [1.29, 1.82) is 0 Å². The van der Waals surface area contributed by atoms with Gasteiger partial charge in [0.15, 0.2) is 17.6 Å². The maximum atomic E-state index is 13.2. The molecule has 180 valence electrons. The molecule has 0 amide bonds. The number of fused-ring (bicyclic) bond motifs is 1. The molecule has 2 aromatic carbocycles. The average molecular weight is 496 g/mol. The first-order valence-electron chi connectivity index (χ1n) is 11.2. The predicted octanol–water partition coefficient (Wildman–Crippen LogP) is 4.04. The number of aryl methyl sites for hydroxylation is 1. The number of hydrogen-bond donors (Lipinski definition) is 0. The summed E-state index contributed by atoms with van der Waals surface area (Å²) in [5.74, 6) is 2.06. The Kier molecular flexibility index (Phi) is 6.61. The monoisotopic (exact) mass is 495 g/mol. The summed E-state index contributed by atoms with van der Waals surface area (Å²) in [6.45, 7) is 4.26. The molecular formula is C25H23ClFN5O3. The fraction of sp³-hybridized carbons (Fsp3) is 0.280. The van der Waals surface area contributed by atoms with Crippen LogP contribution >= 0.6 is 11.6 Å². The van der Waals surface area contributed by atoms with Gasteiger partial charge in [-0.2, -0.15) is 4.98 Å². The topological polar surface area (TPSA) is 84.6 Å². The van der Waals surface area contributed by atoms with E-state index >= 15 is 0 Å². The molecule has 3 heterocycles. The number of benzene rings is 2. The number of rotatable bonds is 7. The van der Waals surface area contributed by atoms with E-state index in [-0.39, 0.29) is 5.82 Å². The number of piperazine rings is 1. The van der Waals surface area contributed by atoms with Crippen LogP contribution in [0.2, 0.25) is 5.02 Å². The zero-order valence-electron chi connectivity index (χ0n) is 19.0. The van der Waals surface area contributed by atoms with Gasteiger partial charge in [-0.3, -0.25) is 9.69 Å². The van der Waals surface area contributed by atoms with Gasteiger partial charge >= 0.3 is 0 Å². The minimum atomic E-state index is -0.695. The number of nitrogens with zero attached hydrogens (tertiary/aromatic N) is 5. The van der Waals surface area contributed by atoms with Crippen molar-refractivity contribution >= 4 is 34.9 Å². The Hall–Kier alpha value is -3.56. The van der Waals surface area contributed by atoms with Gasteiger partial charge in [-0.05, 0) is 48.9 Å². The molecule has 2 aromatic heterocycles. The van der Waals surface area contributed by atoms with Crippen molar-refractivity contribution in [2.75, 3.05) is 31.1 Å². The summed E-state index contributed by atoms with van der Waals surface area (Å²) in [4.78, 5) is 29.5. The van der Waals surface area contributed by atoms with Gasteiger partial charge in [-0.25, -0.2) is 14.4 Å². The summed E-state index contributed by atoms with van der Waals surface area (Å²) in [5.41, 5.74) is 1.90. The largest absolute Gasteiger partial charge is 0.468 e. The van der Waals surface area contributed by atoms with Crippen molar-refractivity contribution in [3.05, 3.63) is 76.6 Å². The zero-order valence-corrected chi connectivity index (χ0v) is 19.8. The zero-order chi connectivity index (χ0) is 24.4. The number of hydrogen-bond acceptors (Lipinski definition) is 8. The molecule has 0 aliphatic carbocycles. The van der Waals surface area contributed by atoms with Crippen LogP contribution in [-0.2, 0) is 11.2 Å². The quantitative estimate of drug-likeness (QED) is 0.355. The second-order valence-corrected chi connectivity index (χ2v) is 8.72. The van der Waals surface area contributed by atoms with Gasteiger partial charge in [0.2, 0.25) is 12.1 Å². The van der Waals surface area contributed by atoms with Gasteiger partial charge < -0.3 is 14.1 Å². The predicted molar refractivity (Wildman–Crippen MR) is 129 cm³/mol. The van der Waals surface area contributed by atoms with Crippen LogP contribution in [0, 0.1) is 12.7 Å². The van der Waals surface area contributed by atoms with Crippen LogP contribution in [0.5, 0.6) is 5.75 Å². The summed E-state index contributed by atoms with van der Waals surface area (Å²) in [6, 6.07) is 13.2. The Morgan fingerprint density at radius 3 is 2.46 bits per heavy atom. The van der Waals surface area contributed by atoms with E-state index in [2.05, 4.69) is 19.9 Å². The Morgan fingerprint density at radius 2 is 1.77 bits per heavy atom. The number of carbonyl (C=O) groups excluding carboxylic acids is 1. The maximum Gasteiger partial charge on any atom is 0.252 e. The van der Waals surface area contributed by atoms with Crippen molar-refractivity contribution < 1.29 is 18.3 Å². The van der Waals surface area contributed by atoms with Gasteiger partial charge in [0.05, 0.1) is 0 Å². The molecule has 1 aliphatic heterocycles. The van der Waals surface area contributed by atoms with Crippen molar-refractivity contribution in [3.8, 4) is 5.75 Å². The molecule has 5 rings (SSSR count). The molecule has 0 spiro atoms. The molecule has 0 N–H and O–H groups in total. The standard InChI is InChI=1S/C25H23ClFN5O3/c1-16-28-24(23-25(29-16)35-21(30-23)14-17-2-6-19(27)7-3-17)32-12-10-31(11-13-32)22(15-33)34-20-8-4-18(26)5-9-20/h2-9,15,22H,10-14H2,1H3. The van der Waals surface area contributed by atoms with Gasteiger partial charge in [-0.15, -0.1) is 0 Å². The minimum Gasteiger partial charge on any atom is -0.468 e. The summed E-state index contributed by atoms with van der Waals surface area (Å²) in [7, 11) is 0. The number of carbonyl (C=O) groups is 1. The van der Waals surface area contributed by atoms with Crippen molar-refractivity contribution in [2.24, 2.45) is 0 Å². The molecule has 0 radical (unpaired) electrons. The fourth-order valence-electron chi connectivity index (χ4n) is 4.06. The van der Waals surface area contributed by atoms with E-state index in [1.54, 1.807) is 36.4 Å². The Bertz CT molecular complexity index is 1320. The van der Waals surface area contributed by atoms with Gasteiger partial charge in [-0.1, -0.05) is 23.7 Å². The smallest absolute Gasteiger partial charge is 0.252 e. The van der Waals surface area contributed by atoms with E-state index in [1.807, 2.05) is 11.8 Å². The highest BCUT2D eigenvalue weighted by atomic mass is 35.5. The number of aldehydes is 1. The Balaban J connectivity index is 1.30. The SMILES string of the molecule is Cc1nc(N2CCN(C(C=O)Oc3ccc(Cl)cc3)CC2)c2nc(Cc3ccc(F)cc3)oc2n1. The highest BCUT2D eigenvalue weighted by Gasteiger charge is 2.28. The lowest BCUT2D eigenvalue weighted by Crippen LogP contribution is -2.53. The second-order valence-electron chi connectivity index (χ2n) is 8.28. The first-order chi connectivity index (χ1) is 17.0. The molecule has 1 atom stereocenters. The van der Waals surface area contributed by atoms with Crippen LogP contribution in [0.25, 0.3) is 11.2 Å². The lowest BCUT2D eigenvalue weighted by Gasteiger charge is -2.37. The third-order valence-corrected chi connectivity index (χ3v) is 6.08. The number of anilines is 1. The van der Waals surface area contributed by atoms with Crippen molar-refractivity contribution in [2.45, 2.75) is 19.6 Å². The molecule has 0 saturated carbocycles. The first kappa shape index (κ1) is 23.2. The number of halogens is 2. The lowest BCUT2D eigenvalue weighted by atomic mass is 10.1. The van der Waals surface area contributed by atoms with Crippen molar-refractivity contribution in [3.63, 3.8) is 0 Å². The van der Waals surface area contributed by atoms with Crippen LogP contribution in [0.15, 0.2) is 52.9 Å². The molecule has 1 fully saturated rings. The van der Waals surface area contributed by atoms with Gasteiger partial charge in [0.25, 0.3) is 5.71 Å². The van der Waals surface area contributed by atoms with E-state index < -0.39 is 6.23 Å². The summed E-state index contributed by atoms with van der Waals surface area (Å²) < 4.78 is 25.0. The summed E-state index contributed by atoms with van der Waals surface area (Å²) >= 11 is 5.93. The van der Waals surface area contributed by atoms with E-state index in [9.17, 15) is 9.18 Å². The van der Waals surface area contributed by atoms with E-state index in [0.717, 1.165) is 11.8 Å². The molecule has 10 heteroatoms. The molecule has 0 bridgehead atoms.